The second kappa shape index (κ2) is 10.7. The summed E-state index contributed by atoms with van der Waals surface area (Å²) < 4.78 is 0. The lowest BCUT2D eigenvalue weighted by Crippen LogP contribution is -2.54. The van der Waals surface area contributed by atoms with Gasteiger partial charge >= 0.3 is 6.03 Å². The summed E-state index contributed by atoms with van der Waals surface area (Å²) in [6, 6.07) is 20.1. The molecule has 11 heteroatoms. The zero-order valence-corrected chi connectivity index (χ0v) is 19.4. The fourth-order valence-electron chi connectivity index (χ4n) is 3.39. The van der Waals surface area contributed by atoms with E-state index in [1.807, 2.05) is 6.07 Å². The number of hydrogen-bond donors (Lipinski definition) is 2. The summed E-state index contributed by atoms with van der Waals surface area (Å²) in [5, 5.41) is 16.5. The van der Waals surface area contributed by atoms with E-state index in [1.54, 1.807) is 42.5 Å². The molecule has 3 aromatic rings. The van der Waals surface area contributed by atoms with Crippen LogP contribution in [0.4, 0.5) is 21.9 Å². The first-order valence-corrected chi connectivity index (χ1v) is 11.5. The zero-order valence-electron chi connectivity index (χ0n) is 18.5. The summed E-state index contributed by atoms with van der Waals surface area (Å²) in [7, 11) is 0. The molecule has 1 fully saturated rings. The van der Waals surface area contributed by atoms with Gasteiger partial charge in [0.25, 0.3) is 17.5 Å². The third-order valence-corrected chi connectivity index (χ3v) is 6.09. The number of anilines is 2. The van der Waals surface area contributed by atoms with Gasteiger partial charge in [-0.25, -0.2) is 9.69 Å². The number of nitro benzene ring substituents is 1. The largest absolute Gasteiger partial charge is 0.335 e. The highest BCUT2D eigenvalue weighted by Gasteiger charge is 2.36. The molecule has 36 heavy (non-hydrogen) atoms. The number of carbonyl (C=O) groups is 4. The Hall–Kier alpha value is -4.77. The van der Waals surface area contributed by atoms with Crippen LogP contribution in [0.1, 0.15) is 5.56 Å². The molecule has 1 aliphatic rings. The molecule has 0 unspecified atom stereocenters. The molecule has 5 amide bonds. The molecule has 3 aromatic carbocycles. The number of imide groups is 2. The SMILES string of the molecule is O=C(CSc1ccc(/C=C2\C(=O)NC(=O)N(c3ccccc3)C2=O)cc1[N+](=O)[O-])Nc1ccccc1. The average Bonchev–Trinajstić information content (AvgIpc) is 2.86. The molecule has 10 nitrogen and oxygen atoms in total. The van der Waals surface area contributed by atoms with Crippen molar-refractivity contribution in [2.75, 3.05) is 16.0 Å². The molecular weight excluding hydrogens is 484 g/mol. The standard InChI is InChI=1S/C25H18N4O6S/c30-22(26-17-7-3-1-4-8-17)15-36-21-12-11-16(14-20(21)29(34)35)13-19-23(31)27-25(33)28(24(19)32)18-9-5-2-6-10-18/h1-14H,15H2,(H,26,30)(H,27,31,33)/b19-13+. The van der Waals surface area contributed by atoms with Crippen LogP contribution in [-0.2, 0) is 14.4 Å². The summed E-state index contributed by atoms with van der Waals surface area (Å²) in [4.78, 5) is 62.0. The number of hydrogen-bond acceptors (Lipinski definition) is 7. The maximum absolute atomic E-state index is 13.0. The van der Waals surface area contributed by atoms with E-state index in [-0.39, 0.29) is 39.1 Å². The Balaban J connectivity index is 1.55. The highest BCUT2D eigenvalue weighted by atomic mass is 32.2. The zero-order chi connectivity index (χ0) is 25.7. The first-order chi connectivity index (χ1) is 17.3. The van der Waals surface area contributed by atoms with Gasteiger partial charge in [0.2, 0.25) is 5.91 Å². The molecular formula is C25H18N4O6S. The third kappa shape index (κ3) is 5.47. The molecule has 2 N–H and O–H groups in total. The summed E-state index contributed by atoms with van der Waals surface area (Å²) in [6.07, 6.45) is 1.18. The van der Waals surface area contributed by atoms with Crippen molar-refractivity contribution in [3.63, 3.8) is 0 Å². The lowest BCUT2D eigenvalue weighted by molar-refractivity contribution is -0.387. The molecule has 0 aromatic heterocycles. The average molecular weight is 503 g/mol. The minimum Gasteiger partial charge on any atom is -0.325 e. The van der Waals surface area contributed by atoms with Gasteiger partial charge < -0.3 is 5.32 Å². The number of nitrogens with one attached hydrogen (secondary N) is 2. The number of benzene rings is 3. The first-order valence-electron chi connectivity index (χ1n) is 10.6. The monoisotopic (exact) mass is 502 g/mol. The number of amides is 5. The normalized spacial score (nSPS) is 14.5. The van der Waals surface area contributed by atoms with E-state index in [0.717, 1.165) is 16.7 Å². The topological polar surface area (TPSA) is 139 Å². The molecule has 180 valence electrons. The van der Waals surface area contributed by atoms with Crippen molar-refractivity contribution in [1.82, 2.24) is 5.32 Å². The van der Waals surface area contributed by atoms with Crippen LogP contribution in [0.15, 0.2) is 89.3 Å². The molecule has 4 rings (SSSR count). The van der Waals surface area contributed by atoms with E-state index >= 15 is 0 Å². The highest BCUT2D eigenvalue weighted by molar-refractivity contribution is 8.00. The summed E-state index contributed by atoms with van der Waals surface area (Å²) in [6.45, 7) is 0. The Morgan fingerprint density at radius 2 is 1.67 bits per heavy atom. The number of carbonyl (C=O) groups excluding carboxylic acids is 4. The number of para-hydroxylation sites is 2. The van der Waals surface area contributed by atoms with E-state index in [2.05, 4.69) is 10.6 Å². The Kier molecular flexibility index (Phi) is 7.21. The maximum atomic E-state index is 13.0. The number of nitro groups is 1. The van der Waals surface area contributed by atoms with Gasteiger partial charge in [0.05, 0.1) is 21.3 Å². The molecule has 0 saturated carbocycles. The molecule has 0 spiro atoms. The van der Waals surface area contributed by atoms with Crippen LogP contribution in [-0.4, -0.2) is 34.4 Å². The molecule has 0 radical (unpaired) electrons. The second-order valence-electron chi connectivity index (χ2n) is 7.48. The quantitative estimate of drug-likeness (QED) is 0.164. The Morgan fingerprint density at radius 1 is 1.00 bits per heavy atom. The minimum absolute atomic E-state index is 0.0643. The van der Waals surface area contributed by atoms with Crippen LogP contribution in [0.3, 0.4) is 0 Å². The van der Waals surface area contributed by atoms with Crippen molar-refractivity contribution in [3.05, 3.63) is 100 Å². The predicted molar refractivity (Wildman–Crippen MR) is 134 cm³/mol. The van der Waals surface area contributed by atoms with E-state index < -0.39 is 22.8 Å². The Bertz CT molecular complexity index is 1390. The van der Waals surface area contributed by atoms with Crippen molar-refractivity contribution < 1.29 is 24.1 Å². The van der Waals surface area contributed by atoms with Crippen molar-refractivity contribution >= 4 is 58.7 Å². The smallest absolute Gasteiger partial charge is 0.325 e. The molecule has 1 aliphatic heterocycles. The van der Waals surface area contributed by atoms with Crippen molar-refractivity contribution in [1.29, 1.82) is 0 Å². The van der Waals surface area contributed by atoms with E-state index in [0.29, 0.717) is 5.69 Å². The Morgan fingerprint density at radius 3 is 2.33 bits per heavy atom. The fraction of sp³-hybridized carbons (Fsp3) is 0.0400. The second-order valence-corrected chi connectivity index (χ2v) is 8.50. The van der Waals surface area contributed by atoms with E-state index in [9.17, 15) is 29.3 Å². The van der Waals surface area contributed by atoms with Crippen LogP contribution in [0.5, 0.6) is 0 Å². The van der Waals surface area contributed by atoms with E-state index in [4.69, 9.17) is 0 Å². The maximum Gasteiger partial charge on any atom is 0.335 e. The van der Waals surface area contributed by atoms with Gasteiger partial charge in [0.1, 0.15) is 5.57 Å². The van der Waals surface area contributed by atoms with Crippen LogP contribution in [0.2, 0.25) is 0 Å². The fourth-order valence-corrected chi connectivity index (χ4v) is 4.19. The van der Waals surface area contributed by atoms with Gasteiger partial charge in [0, 0.05) is 11.8 Å². The van der Waals surface area contributed by atoms with Crippen molar-refractivity contribution in [3.8, 4) is 0 Å². The van der Waals surface area contributed by atoms with Crippen LogP contribution in [0, 0.1) is 10.1 Å². The number of nitrogens with zero attached hydrogens (tertiary/aromatic N) is 2. The van der Waals surface area contributed by atoms with Gasteiger partial charge in [-0.2, -0.15) is 0 Å². The molecule has 0 bridgehead atoms. The van der Waals surface area contributed by atoms with Crippen LogP contribution < -0.4 is 15.5 Å². The van der Waals surface area contributed by atoms with Crippen molar-refractivity contribution in [2.24, 2.45) is 0 Å². The van der Waals surface area contributed by atoms with Gasteiger partial charge in [-0.1, -0.05) is 42.5 Å². The van der Waals surface area contributed by atoms with Crippen molar-refractivity contribution in [2.45, 2.75) is 4.90 Å². The van der Waals surface area contributed by atoms with Crippen LogP contribution in [0.25, 0.3) is 6.08 Å². The van der Waals surface area contributed by atoms with Gasteiger partial charge in [-0.15, -0.1) is 11.8 Å². The minimum atomic E-state index is -0.907. The number of urea groups is 1. The highest BCUT2D eigenvalue weighted by Crippen LogP contribution is 2.31. The van der Waals surface area contributed by atoms with Gasteiger partial charge in [0.15, 0.2) is 0 Å². The molecule has 1 heterocycles. The molecule has 1 saturated heterocycles. The van der Waals surface area contributed by atoms with E-state index in [1.165, 1.54) is 36.4 Å². The molecule has 0 atom stereocenters. The Labute approximate surface area is 209 Å². The predicted octanol–water partition coefficient (Wildman–Crippen LogP) is 3.99. The summed E-state index contributed by atoms with van der Waals surface area (Å²) >= 11 is 0.983. The lowest BCUT2D eigenvalue weighted by atomic mass is 10.1. The number of rotatable bonds is 7. The lowest BCUT2D eigenvalue weighted by Gasteiger charge is -2.26. The first kappa shape index (κ1) is 24.4. The number of barbiturate groups is 1. The molecule has 0 aliphatic carbocycles. The third-order valence-electron chi connectivity index (χ3n) is 5.02. The summed E-state index contributed by atoms with van der Waals surface area (Å²) in [5.74, 6) is -2.16. The summed E-state index contributed by atoms with van der Waals surface area (Å²) in [5.41, 5.74) is 0.445. The van der Waals surface area contributed by atoms with Crippen LogP contribution >= 0.6 is 11.8 Å². The number of thioether (sulfide) groups is 1. The van der Waals surface area contributed by atoms with Gasteiger partial charge in [-0.3, -0.25) is 29.8 Å². The van der Waals surface area contributed by atoms with Gasteiger partial charge in [-0.05, 0) is 42.0 Å².